The Bertz CT molecular complexity index is 747. The highest BCUT2D eigenvalue weighted by molar-refractivity contribution is 14.1. The summed E-state index contributed by atoms with van der Waals surface area (Å²) in [5, 5.41) is 0. The molecule has 4 aliphatic rings. The summed E-state index contributed by atoms with van der Waals surface area (Å²) < 4.78 is 12.1. The van der Waals surface area contributed by atoms with Crippen LogP contribution in [0.25, 0.3) is 0 Å². The van der Waals surface area contributed by atoms with Crippen molar-refractivity contribution in [3.63, 3.8) is 0 Å². The fourth-order valence-corrected chi connectivity index (χ4v) is 7.58. The first-order chi connectivity index (χ1) is 13.5. The number of hydrogen-bond donors (Lipinski definition) is 0. The van der Waals surface area contributed by atoms with E-state index in [-0.39, 0.29) is 15.5 Å². The van der Waals surface area contributed by atoms with Gasteiger partial charge in [-0.1, -0.05) is 36.4 Å². The standard InChI is InChI=1S/C24H31IO3/c1-3-20(25)23(26)27-17-7-9-18(10-8-17)28-24(4-2)13-16-12-19(24)22-15-6-5-14(11-15)21(16)22/h7-10,14-16,19-22H,3-6,11-13H2,1-2H3. The third-order valence-corrected chi connectivity index (χ3v) is 9.86. The number of ether oxygens (including phenoxy) is 2. The van der Waals surface area contributed by atoms with E-state index >= 15 is 0 Å². The molecule has 0 amide bonds. The first-order valence-electron chi connectivity index (χ1n) is 11.2. The van der Waals surface area contributed by atoms with Crippen LogP contribution in [0.2, 0.25) is 0 Å². The zero-order valence-corrected chi connectivity index (χ0v) is 19.1. The first-order valence-corrected chi connectivity index (χ1v) is 12.4. The van der Waals surface area contributed by atoms with Gasteiger partial charge in [0.1, 0.15) is 21.0 Å². The summed E-state index contributed by atoms with van der Waals surface area (Å²) in [6.07, 6.45) is 8.96. The molecule has 4 aliphatic carbocycles. The van der Waals surface area contributed by atoms with E-state index in [1.54, 1.807) is 0 Å². The van der Waals surface area contributed by atoms with Gasteiger partial charge in [-0.3, -0.25) is 4.79 Å². The van der Waals surface area contributed by atoms with E-state index in [9.17, 15) is 4.79 Å². The predicted octanol–water partition coefficient (Wildman–Crippen LogP) is 6.04. The summed E-state index contributed by atoms with van der Waals surface area (Å²) in [5.74, 6) is 6.93. The molecule has 1 aromatic carbocycles. The van der Waals surface area contributed by atoms with Gasteiger partial charge in [-0.15, -0.1) is 0 Å². The van der Waals surface area contributed by atoms with Crippen LogP contribution < -0.4 is 9.47 Å². The van der Waals surface area contributed by atoms with Crippen molar-refractivity contribution >= 4 is 28.6 Å². The minimum atomic E-state index is -0.169. The molecule has 4 saturated carbocycles. The highest BCUT2D eigenvalue weighted by atomic mass is 127. The summed E-state index contributed by atoms with van der Waals surface area (Å²) in [6, 6.07) is 7.73. The lowest BCUT2D eigenvalue weighted by atomic mass is 9.65. The van der Waals surface area contributed by atoms with E-state index < -0.39 is 0 Å². The smallest absolute Gasteiger partial charge is 0.324 e. The summed E-state index contributed by atoms with van der Waals surface area (Å²) in [6.45, 7) is 4.31. The van der Waals surface area contributed by atoms with Gasteiger partial charge >= 0.3 is 5.97 Å². The molecule has 0 N–H and O–H groups in total. The number of benzene rings is 1. The maximum absolute atomic E-state index is 12.0. The lowest BCUT2D eigenvalue weighted by Crippen LogP contribution is -2.48. The molecule has 0 aromatic heterocycles. The Balaban J connectivity index is 1.30. The number of hydrogen-bond acceptors (Lipinski definition) is 3. The van der Waals surface area contributed by atoms with Crippen molar-refractivity contribution in [1.82, 2.24) is 0 Å². The molecule has 4 bridgehead atoms. The van der Waals surface area contributed by atoms with Crippen LogP contribution in [-0.4, -0.2) is 15.5 Å². The molecule has 4 fully saturated rings. The molecule has 1 aromatic rings. The number of halogens is 1. The number of carbonyl (C=O) groups is 1. The van der Waals surface area contributed by atoms with E-state index in [4.69, 9.17) is 9.47 Å². The lowest BCUT2D eigenvalue weighted by molar-refractivity contribution is -0.133. The average molecular weight is 494 g/mol. The second-order valence-electron chi connectivity index (χ2n) is 9.58. The van der Waals surface area contributed by atoms with E-state index in [0.29, 0.717) is 5.75 Å². The van der Waals surface area contributed by atoms with Crippen molar-refractivity contribution in [2.75, 3.05) is 0 Å². The average Bonchev–Trinajstić information content (AvgIpc) is 3.47. The van der Waals surface area contributed by atoms with Crippen LogP contribution in [0, 0.1) is 35.5 Å². The van der Waals surface area contributed by atoms with Crippen molar-refractivity contribution in [2.45, 2.75) is 68.3 Å². The second-order valence-corrected chi connectivity index (χ2v) is 11.1. The molecule has 3 nitrogen and oxygen atoms in total. The fraction of sp³-hybridized carbons (Fsp3) is 0.708. The van der Waals surface area contributed by atoms with E-state index in [1.807, 2.05) is 31.2 Å². The van der Waals surface area contributed by atoms with Crippen molar-refractivity contribution < 1.29 is 14.3 Å². The van der Waals surface area contributed by atoms with E-state index in [0.717, 1.165) is 54.1 Å². The summed E-state index contributed by atoms with van der Waals surface area (Å²) in [5.41, 5.74) is 0.0179. The molecular weight excluding hydrogens is 463 g/mol. The monoisotopic (exact) mass is 494 g/mol. The van der Waals surface area contributed by atoms with Gasteiger partial charge in [-0.05, 0) is 98.8 Å². The first kappa shape index (κ1) is 19.2. The lowest BCUT2D eigenvalue weighted by Gasteiger charge is -2.46. The van der Waals surface area contributed by atoms with Crippen LogP contribution in [0.15, 0.2) is 24.3 Å². The molecule has 5 rings (SSSR count). The van der Waals surface area contributed by atoms with Crippen LogP contribution in [0.1, 0.15) is 58.8 Å². The maximum Gasteiger partial charge on any atom is 0.324 e. The molecule has 0 spiro atoms. The van der Waals surface area contributed by atoms with Crippen molar-refractivity contribution in [3.8, 4) is 11.5 Å². The summed E-state index contributed by atoms with van der Waals surface area (Å²) >= 11 is 2.14. The van der Waals surface area contributed by atoms with Crippen molar-refractivity contribution in [3.05, 3.63) is 24.3 Å². The molecule has 28 heavy (non-hydrogen) atoms. The van der Waals surface area contributed by atoms with Gasteiger partial charge in [0, 0.05) is 5.92 Å². The zero-order valence-electron chi connectivity index (χ0n) is 16.9. The summed E-state index contributed by atoms with van der Waals surface area (Å²) in [4.78, 5) is 12.0. The Kier molecular flexibility index (Phi) is 4.92. The maximum atomic E-state index is 12.0. The van der Waals surface area contributed by atoms with Crippen LogP contribution in [0.4, 0.5) is 0 Å². The molecule has 0 radical (unpaired) electrons. The largest absolute Gasteiger partial charge is 0.487 e. The van der Waals surface area contributed by atoms with Gasteiger partial charge < -0.3 is 9.47 Å². The van der Waals surface area contributed by atoms with Gasteiger partial charge in [0.15, 0.2) is 0 Å². The molecule has 0 heterocycles. The topological polar surface area (TPSA) is 35.5 Å². The molecule has 0 saturated heterocycles. The number of rotatable bonds is 6. The van der Waals surface area contributed by atoms with Crippen molar-refractivity contribution in [1.29, 1.82) is 0 Å². The quantitative estimate of drug-likeness (QED) is 0.159. The van der Waals surface area contributed by atoms with Crippen LogP contribution in [0.5, 0.6) is 11.5 Å². The Morgan fingerprint density at radius 2 is 1.75 bits per heavy atom. The number of carbonyl (C=O) groups excluding carboxylic acids is 1. The molecule has 4 heteroatoms. The SMILES string of the molecule is CCC(I)C(=O)Oc1ccc(OC2(CC)CC3CC2C2C4CCC(C4)C32)cc1. The van der Waals surface area contributed by atoms with E-state index in [2.05, 4.69) is 29.5 Å². The van der Waals surface area contributed by atoms with Crippen LogP contribution >= 0.6 is 22.6 Å². The fourth-order valence-electron chi connectivity index (χ4n) is 7.45. The normalized spacial score (nSPS) is 41.1. The minimum Gasteiger partial charge on any atom is -0.487 e. The molecule has 8 unspecified atom stereocenters. The molecular formula is C24H31IO3. The molecule has 152 valence electrons. The third kappa shape index (κ3) is 2.92. The number of esters is 1. The third-order valence-electron chi connectivity index (χ3n) is 8.47. The predicted molar refractivity (Wildman–Crippen MR) is 118 cm³/mol. The highest BCUT2D eigenvalue weighted by Crippen LogP contribution is 2.70. The Morgan fingerprint density at radius 3 is 2.43 bits per heavy atom. The number of alkyl halides is 1. The Hall–Kier alpha value is -0.780. The Labute approximate surface area is 182 Å². The van der Waals surface area contributed by atoms with E-state index in [1.165, 1.54) is 32.1 Å². The van der Waals surface area contributed by atoms with Gasteiger partial charge in [-0.2, -0.15) is 0 Å². The second kappa shape index (κ2) is 7.17. The zero-order chi connectivity index (χ0) is 19.5. The van der Waals surface area contributed by atoms with Crippen LogP contribution in [-0.2, 0) is 4.79 Å². The van der Waals surface area contributed by atoms with Gasteiger partial charge in [-0.25, -0.2) is 0 Å². The number of fused-ring (bicyclic) bond motifs is 9. The molecule has 0 aliphatic heterocycles. The van der Waals surface area contributed by atoms with Gasteiger partial charge in [0.2, 0.25) is 0 Å². The highest BCUT2D eigenvalue weighted by Gasteiger charge is 2.67. The van der Waals surface area contributed by atoms with Gasteiger partial charge in [0.25, 0.3) is 0 Å². The Morgan fingerprint density at radius 1 is 1.07 bits per heavy atom. The van der Waals surface area contributed by atoms with Crippen molar-refractivity contribution in [2.24, 2.45) is 35.5 Å². The molecule has 8 atom stereocenters. The summed E-state index contributed by atoms with van der Waals surface area (Å²) in [7, 11) is 0. The van der Waals surface area contributed by atoms with Gasteiger partial charge in [0.05, 0.1) is 0 Å². The van der Waals surface area contributed by atoms with Crippen LogP contribution in [0.3, 0.4) is 0 Å². The minimum absolute atomic E-state index is 0.0179.